The lowest BCUT2D eigenvalue weighted by molar-refractivity contribution is 0.475. The van der Waals surface area contributed by atoms with Crippen LogP contribution < -0.4 is 16.1 Å². The van der Waals surface area contributed by atoms with Gasteiger partial charge in [0.15, 0.2) is 0 Å². The van der Waals surface area contributed by atoms with E-state index in [1.807, 2.05) is 0 Å². The Balaban J connectivity index is 2.15. The molecule has 110 valence electrons. The second-order valence-corrected chi connectivity index (χ2v) is 4.86. The van der Waals surface area contributed by atoms with E-state index in [-0.39, 0.29) is 17.1 Å². The number of phenolic OH excluding ortho intramolecular Hbond substituents is 1. The SMILES string of the molecule is C=c1[nH]n(-c2ccc(F)cc2)c(=O)c1=Cc1ccc(O)cc1. The van der Waals surface area contributed by atoms with Crippen LogP contribution in [0.2, 0.25) is 0 Å². The number of nitrogens with zero attached hydrogens (tertiary/aromatic N) is 1. The maximum absolute atomic E-state index is 13.0. The number of benzene rings is 2. The van der Waals surface area contributed by atoms with E-state index in [9.17, 15) is 14.3 Å². The van der Waals surface area contributed by atoms with Crippen LogP contribution in [0.3, 0.4) is 0 Å². The molecule has 0 amide bonds. The molecule has 2 N–H and O–H groups in total. The normalized spacial score (nSPS) is 11.8. The predicted molar refractivity (Wildman–Crippen MR) is 82.8 cm³/mol. The zero-order valence-electron chi connectivity index (χ0n) is 11.6. The Morgan fingerprint density at radius 3 is 2.36 bits per heavy atom. The number of hydrogen-bond acceptors (Lipinski definition) is 2. The molecule has 0 saturated heterocycles. The predicted octanol–water partition coefficient (Wildman–Crippen LogP) is 1.25. The van der Waals surface area contributed by atoms with Crippen LogP contribution in [0.4, 0.5) is 4.39 Å². The Labute approximate surface area is 125 Å². The number of H-pyrrole nitrogens is 1. The standard InChI is InChI=1S/C17H13FN2O2/c1-11-16(10-12-2-8-15(21)9-3-12)17(22)20(19-11)14-6-4-13(18)5-7-14/h2-10,19,21H,1H2. The molecule has 0 aliphatic rings. The number of nitrogens with one attached hydrogen (secondary N) is 1. The van der Waals surface area contributed by atoms with Crippen LogP contribution in [0.1, 0.15) is 5.56 Å². The summed E-state index contributed by atoms with van der Waals surface area (Å²) >= 11 is 0. The van der Waals surface area contributed by atoms with Crippen molar-refractivity contribution < 1.29 is 9.50 Å². The van der Waals surface area contributed by atoms with Gasteiger partial charge in [0, 0.05) is 0 Å². The van der Waals surface area contributed by atoms with E-state index in [0.717, 1.165) is 5.56 Å². The van der Waals surface area contributed by atoms with E-state index in [2.05, 4.69) is 11.7 Å². The Bertz CT molecular complexity index is 967. The summed E-state index contributed by atoms with van der Waals surface area (Å²) in [7, 11) is 0. The van der Waals surface area contributed by atoms with Gasteiger partial charge in [-0.25, -0.2) is 9.07 Å². The summed E-state index contributed by atoms with van der Waals surface area (Å²) in [6.07, 6.45) is 1.68. The van der Waals surface area contributed by atoms with Crippen LogP contribution in [-0.4, -0.2) is 14.9 Å². The molecular formula is C17H13FN2O2. The molecule has 5 heteroatoms. The van der Waals surface area contributed by atoms with Gasteiger partial charge in [0.05, 0.1) is 16.3 Å². The summed E-state index contributed by atoms with van der Waals surface area (Å²) < 4.78 is 14.3. The van der Waals surface area contributed by atoms with E-state index in [4.69, 9.17) is 0 Å². The first kappa shape index (κ1) is 13.9. The first-order valence-electron chi connectivity index (χ1n) is 6.61. The van der Waals surface area contributed by atoms with Crippen molar-refractivity contribution in [3.05, 3.63) is 80.8 Å². The van der Waals surface area contributed by atoms with Crippen molar-refractivity contribution >= 4 is 12.7 Å². The van der Waals surface area contributed by atoms with Crippen LogP contribution >= 0.6 is 0 Å². The highest BCUT2D eigenvalue weighted by Gasteiger charge is 2.04. The van der Waals surface area contributed by atoms with Gasteiger partial charge in [-0.3, -0.25) is 9.89 Å². The van der Waals surface area contributed by atoms with Gasteiger partial charge in [-0.15, -0.1) is 0 Å². The maximum Gasteiger partial charge on any atom is 0.279 e. The first-order valence-corrected chi connectivity index (χ1v) is 6.61. The van der Waals surface area contributed by atoms with Gasteiger partial charge in [-0.1, -0.05) is 18.7 Å². The number of halogens is 1. The fourth-order valence-corrected chi connectivity index (χ4v) is 2.15. The fourth-order valence-electron chi connectivity index (χ4n) is 2.15. The van der Waals surface area contributed by atoms with Crippen molar-refractivity contribution in [1.82, 2.24) is 9.78 Å². The van der Waals surface area contributed by atoms with E-state index in [1.165, 1.54) is 28.9 Å². The van der Waals surface area contributed by atoms with Crippen molar-refractivity contribution in [3.8, 4) is 11.4 Å². The molecule has 3 rings (SSSR count). The number of rotatable bonds is 2. The van der Waals surface area contributed by atoms with Crippen molar-refractivity contribution in [2.45, 2.75) is 0 Å². The largest absolute Gasteiger partial charge is 0.508 e. The molecule has 0 atom stereocenters. The number of phenols is 1. The van der Waals surface area contributed by atoms with Crippen molar-refractivity contribution in [3.63, 3.8) is 0 Å². The lowest BCUT2D eigenvalue weighted by atomic mass is 10.2. The minimum Gasteiger partial charge on any atom is -0.508 e. The quantitative estimate of drug-likeness (QED) is 0.748. The monoisotopic (exact) mass is 296 g/mol. The third kappa shape index (κ3) is 2.56. The van der Waals surface area contributed by atoms with Gasteiger partial charge in [0.2, 0.25) is 0 Å². The molecule has 3 aromatic rings. The van der Waals surface area contributed by atoms with Gasteiger partial charge < -0.3 is 5.11 Å². The Morgan fingerprint density at radius 2 is 1.73 bits per heavy atom. The molecule has 2 aromatic carbocycles. The van der Waals surface area contributed by atoms with E-state index < -0.39 is 0 Å². The number of aromatic nitrogens is 2. The highest BCUT2D eigenvalue weighted by atomic mass is 19.1. The Morgan fingerprint density at radius 1 is 1.09 bits per heavy atom. The van der Waals surface area contributed by atoms with Crippen LogP contribution in [0.5, 0.6) is 5.75 Å². The molecule has 0 radical (unpaired) electrons. The van der Waals surface area contributed by atoms with Gasteiger partial charge in [0.1, 0.15) is 11.6 Å². The maximum atomic E-state index is 13.0. The third-order valence-electron chi connectivity index (χ3n) is 3.29. The molecule has 1 heterocycles. The van der Waals surface area contributed by atoms with Crippen LogP contribution in [0, 0.1) is 5.82 Å². The summed E-state index contributed by atoms with van der Waals surface area (Å²) in [4.78, 5) is 12.5. The second kappa shape index (κ2) is 5.37. The van der Waals surface area contributed by atoms with Crippen molar-refractivity contribution in [2.24, 2.45) is 0 Å². The minimum absolute atomic E-state index is 0.157. The van der Waals surface area contributed by atoms with E-state index >= 15 is 0 Å². The highest BCUT2D eigenvalue weighted by Crippen LogP contribution is 2.09. The van der Waals surface area contributed by atoms with Gasteiger partial charge in [-0.05, 0) is 48.0 Å². The van der Waals surface area contributed by atoms with E-state index in [1.54, 1.807) is 30.3 Å². The third-order valence-corrected chi connectivity index (χ3v) is 3.29. The molecule has 0 unspecified atom stereocenters. The zero-order valence-corrected chi connectivity index (χ0v) is 11.6. The first-order chi connectivity index (χ1) is 10.5. The lowest BCUT2D eigenvalue weighted by Gasteiger charge is -1.99. The number of aromatic hydroxyl groups is 1. The Kier molecular flexibility index (Phi) is 3.39. The van der Waals surface area contributed by atoms with Gasteiger partial charge >= 0.3 is 0 Å². The summed E-state index contributed by atoms with van der Waals surface area (Å²) in [5, 5.41) is 13.0. The van der Waals surface area contributed by atoms with Crippen molar-refractivity contribution in [1.29, 1.82) is 0 Å². The van der Waals surface area contributed by atoms with Crippen LogP contribution in [0.15, 0.2) is 53.3 Å². The molecule has 22 heavy (non-hydrogen) atoms. The molecule has 0 aliphatic carbocycles. The number of hydrogen-bond donors (Lipinski definition) is 2. The topological polar surface area (TPSA) is 58.0 Å². The van der Waals surface area contributed by atoms with Crippen LogP contribution in [-0.2, 0) is 0 Å². The number of aromatic amines is 1. The zero-order chi connectivity index (χ0) is 15.7. The molecular weight excluding hydrogens is 283 g/mol. The van der Waals surface area contributed by atoms with Gasteiger partial charge in [0.25, 0.3) is 5.56 Å². The van der Waals surface area contributed by atoms with Crippen LogP contribution in [0.25, 0.3) is 18.3 Å². The minimum atomic E-state index is -0.367. The lowest BCUT2D eigenvalue weighted by Crippen LogP contribution is -2.33. The fraction of sp³-hybridized carbons (Fsp3) is 0. The second-order valence-electron chi connectivity index (χ2n) is 4.86. The summed E-state index contributed by atoms with van der Waals surface area (Å²) in [5.41, 5.74) is 1.02. The Hall–Kier alpha value is -3.08. The average Bonchev–Trinajstić information content (AvgIpc) is 2.78. The highest BCUT2D eigenvalue weighted by molar-refractivity contribution is 5.50. The molecule has 4 nitrogen and oxygen atoms in total. The molecule has 0 aliphatic heterocycles. The molecule has 1 aromatic heterocycles. The summed E-state index contributed by atoms with van der Waals surface area (Å²) in [5.74, 6) is -0.209. The average molecular weight is 296 g/mol. The summed E-state index contributed by atoms with van der Waals surface area (Å²) in [6.45, 7) is 3.83. The van der Waals surface area contributed by atoms with Crippen molar-refractivity contribution in [2.75, 3.05) is 0 Å². The van der Waals surface area contributed by atoms with E-state index in [0.29, 0.717) is 16.3 Å². The smallest absolute Gasteiger partial charge is 0.279 e. The molecule has 0 fully saturated rings. The molecule has 0 saturated carbocycles. The summed E-state index contributed by atoms with van der Waals surface area (Å²) in [6, 6.07) is 12.1. The molecule has 0 bridgehead atoms. The van der Waals surface area contributed by atoms with Gasteiger partial charge in [-0.2, -0.15) is 0 Å². The molecule has 0 spiro atoms.